The number of nitrogens with one attached hydrogen (secondary N) is 3. The topological polar surface area (TPSA) is 129 Å². The summed E-state index contributed by atoms with van der Waals surface area (Å²) >= 11 is 6.48. The number of aliphatic hydroxyl groups is 1. The molecule has 0 bridgehead atoms. The van der Waals surface area contributed by atoms with Crippen LogP contribution in [-0.2, 0) is 21.7 Å². The summed E-state index contributed by atoms with van der Waals surface area (Å²) < 4.78 is 0. The highest BCUT2D eigenvalue weighted by molar-refractivity contribution is 6.35. The highest BCUT2D eigenvalue weighted by Gasteiger charge is 2.46. The Morgan fingerprint density at radius 3 is 2.62 bits per heavy atom. The minimum absolute atomic E-state index is 0.0331. The van der Waals surface area contributed by atoms with E-state index in [-0.39, 0.29) is 13.1 Å². The predicted molar refractivity (Wildman–Crippen MR) is 144 cm³/mol. The minimum Gasteiger partial charge on any atom is -0.404 e. The summed E-state index contributed by atoms with van der Waals surface area (Å²) in [7, 11) is 0. The van der Waals surface area contributed by atoms with Crippen molar-refractivity contribution in [1.82, 2.24) is 16.0 Å². The molecule has 2 aliphatic rings. The number of nitrogens with two attached hydrogens (primary N) is 1. The van der Waals surface area contributed by atoms with E-state index < -0.39 is 23.6 Å². The molecule has 8 nitrogen and oxygen atoms in total. The lowest BCUT2D eigenvalue weighted by Crippen LogP contribution is -2.40. The van der Waals surface area contributed by atoms with Crippen LogP contribution in [0.2, 0.25) is 5.02 Å². The van der Waals surface area contributed by atoms with Crippen LogP contribution in [0.25, 0.3) is 5.57 Å². The van der Waals surface area contributed by atoms with Gasteiger partial charge in [0.15, 0.2) is 0 Å². The highest BCUT2D eigenvalue weighted by atomic mass is 35.5. The van der Waals surface area contributed by atoms with Crippen molar-refractivity contribution in [2.24, 2.45) is 10.7 Å². The van der Waals surface area contributed by atoms with Crippen molar-refractivity contribution in [3.8, 4) is 12.3 Å². The van der Waals surface area contributed by atoms with Gasteiger partial charge in [-0.2, -0.15) is 0 Å². The SMILES string of the molecule is C#CCNC(=O)C(=O)NCc1ccccc1C(O)NC1(c2cc(Cl)cc(C(C=NC3CC3)=CN)c2)CC1. The third-order valence-corrected chi connectivity index (χ3v) is 6.66. The molecule has 192 valence electrons. The average molecular weight is 520 g/mol. The van der Waals surface area contributed by atoms with Crippen molar-refractivity contribution >= 4 is 35.2 Å². The Kier molecular flexibility index (Phi) is 8.29. The number of allylic oxidation sites excluding steroid dienone is 1. The Balaban J connectivity index is 1.48. The quantitative estimate of drug-likeness (QED) is 0.143. The van der Waals surface area contributed by atoms with Gasteiger partial charge in [0.05, 0.1) is 12.6 Å². The van der Waals surface area contributed by atoms with E-state index in [1.54, 1.807) is 30.5 Å². The first-order chi connectivity index (χ1) is 17.8. The van der Waals surface area contributed by atoms with Crippen LogP contribution in [0.3, 0.4) is 0 Å². The third-order valence-electron chi connectivity index (χ3n) is 6.44. The van der Waals surface area contributed by atoms with Gasteiger partial charge in [-0.05, 0) is 60.6 Å². The maximum absolute atomic E-state index is 12.1. The Hall–Kier alpha value is -3.64. The van der Waals surface area contributed by atoms with Crippen LogP contribution in [0, 0.1) is 12.3 Å². The number of benzene rings is 2. The second kappa shape index (κ2) is 11.6. The molecule has 2 aliphatic carbocycles. The van der Waals surface area contributed by atoms with E-state index >= 15 is 0 Å². The zero-order valence-corrected chi connectivity index (χ0v) is 21.1. The van der Waals surface area contributed by atoms with E-state index in [2.05, 4.69) is 26.9 Å². The van der Waals surface area contributed by atoms with Gasteiger partial charge >= 0.3 is 11.8 Å². The summed E-state index contributed by atoms with van der Waals surface area (Å²) in [4.78, 5) is 28.4. The van der Waals surface area contributed by atoms with Crippen molar-refractivity contribution in [3.05, 3.63) is 75.9 Å². The number of rotatable bonds is 10. The second-order valence-electron chi connectivity index (χ2n) is 9.26. The molecule has 37 heavy (non-hydrogen) atoms. The van der Waals surface area contributed by atoms with Crippen molar-refractivity contribution in [3.63, 3.8) is 0 Å². The zero-order chi connectivity index (χ0) is 26.4. The number of terminal acetylenes is 1. The third kappa shape index (κ3) is 6.77. The minimum atomic E-state index is -1.02. The van der Waals surface area contributed by atoms with E-state index in [0.29, 0.717) is 22.2 Å². The molecular weight excluding hydrogens is 490 g/mol. The first-order valence-electron chi connectivity index (χ1n) is 12.1. The summed E-state index contributed by atoms with van der Waals surface area (Å²) in [6, 6.07) is 13.3. The van der Waals surface area contributed by atoms with Gasteiger partial charge in [-0.1, -0.05) is 41.8 Å². The van der Waals surface area contributed by atoms with Gasteiger partial charge in [-0.25, -0.2) is 0 Å². The number of halogens is 1. The summed E-state index contributed by atoms with van der Waals surface area (Å²) in [5.74, 6) is 0.636. The van der Waals surface area contributed by atoms with Crippen LogP contribution in [0.5, 0.6) is 0 Å². The van der Waals surface area contributed by atoms with Gasteiger partial charge < -0.3 is 21.5 Å². The fourth-order valence-electron chi connectivity index (χ4n) is 4.07. The Labute approximate surface area is 221 Å². The molecule has 0 radical (unpaired) electrons. The Morgan fingerprint density at radius 1 is 1.22 bits per heavy atom. The monoisotopic (exact) mass is 519 g/mol. The van der Waals surface area contributed by atoms with Gasteiger partial charge in [-0.3, -0.25) is 19.9 Å². The molecule has 1 unspecified atom stereocenters. The molecule has 0 aliphatic heterocycles. The van der Waals surface area contributed by atoms with Crippen molar-refractivity contribution in [2.45, 2.75) is 50.0 Å². The average Bonchev–Trinajstić information content (AvgIpc) is 3.83. The number of aliphatic imine (C=N–C) groups is 1. The second-order valence-corrected chi connectivity index (χ2v) is 9.69. The van der Waals surface area contributed by atoms with E-state index in [9.17, 15) is 14.7 Å². The Bertz CT molecular complexity index is 1270. The lowest BCUT2D eigenvalue weighted by atomic mass is 9.97. The number of carbonyl (C=O) groups is 2. The molecule has 0 heterocycles. The number of hydrogen-bond acceptors (Lipinski definition) is 6. The van der Waals surface area contributed by atoms with E-state index in [0.717, 1.165) is 42.4 Å². The molecule has 1 atom stereocenters. The molecule has 9 heteroatoms. The molecule has 0 saturated heterocycles. The lowest BCUT2D eigenvalue weighted by molar-refractivity contribution is -0.139. The van der Waals surface area contributed by atoms with E-state index in [1.807, 2.05) is 18.2 Å². The number of nitrogens with zero attached hydrogens (tertiary/aromatic N) is 1. The number of hydrogen-bond donors (Lipinski definition) is 5. The number of amides is 2. The zero-order valence-electron chi connectivity index (χ0n) is 20.3. The molecule has 6 N–H and O–H groups in total. The van der Waals surface area contributed by atoms with Crippen molar-refractivity contribution in [2.75, 3.05) is 6.54 Å². The maximum Gasteiger partial charge on any atom is 0.310 e. The normalized spacial score (nSPS) is 17.2. The molecule has 2 aromatic rings. The van der Waals surface area contributed by atoms with Crippen molar-refractivity contribution < 1.29 is 14.7 Å². The fourth-order valence-corrected chi connectivity index (χ4v) is 4.30. The largest absolute Gasteiger partial charge is 0.404 e. The fraction of sp³-hybridized carbons (Fsp3) is 0.321. The lowest BCUT2D eigenvalue weighted by Gasteiger charge is -2.25. The highest BCUT2D eigenvalue weighted by Crippen LogP contribution is 2.48. The summed E-state index contributed by atoms with van der Waals surface area (Å²) in [5.41, 5.74) is 9.30. The first kappa shape index (κ1) is 26.4. The number of aliphatic hydroxyl groups excluding tert-OH is 1. The Morgan fingerprint density at radius 2 is 1.95 bits per heavy atom. The van der Waals surface area contributed by atoms with Crippen LogP contribution < -0.4 is 21.7 Å². The summed E-state index contributed by atoms with van der Waals surface area (Å²) in [6.45, 7) is 0.0329. The molecule has 2 aromatic carbocycles. The number of carbonyl (C=O) groups excluding carboxylic acids is 2. The van der Waals surface area contributed by atoms with E-state index in [1.165, 1.54) is 6.20 Å². The van der Waals surface area contributed by atoms with Crippen LogP contribution >= 0.6 is 11.6 Å². The molecule has 2 fully saturated rings. The van der Waals surface area contributed by atoms with Gasteiger partial charge in [0.25, 0.3) is 0 Å². The molecule has 0 spiro atoms. The van der Waals surface area contributed by atoms with Crippen LogP contribution in [0.1, 0.15) is 54.2 Å². The van der Waals surface area contributed by atoms with Crippen LogP contribution in [0.4, 0.5) is 0 Å². The van der Waals surface area contributed by atoms with Gasteiger partial charge in [0, 0.05) is 40.7 Å². The van der Waals surface area contributed by atoms with Crippen LogP contribution in [0.15, 0.2) is 53.7 Å². The van der Waals surface area contributed by atoms with E-state index in [4.69, 9.17) is 23.8 Å². The van der Waals surface area contributed by atoms with Gasteiger partial charge in [0.1, 0.15) is 6.23 Å². The molecule has 2 saturated carbocycles. The smallest absolute Gasteiger partial charge is 0.310 e. The molecule has 0 aromatic heterocycles. The maximum atomic E-state index is 12.1. The van der Waals surface area contributed by atoms with Crippen LogP contribution in [-0.4, -0.2) is 35.7 Å². The van der Waals surface area contributed by atoms with Crippen molar-refractivity contribution in [1.29, 1.82) is 0 Å². The molecular formula is C28H30ClN5O3. The predicted octanol–water partition coefficient (Wildman–Crippen LogP) is 2.51. The molecule has 2 amide bonds. The molecule has 4 rings (SSSR count). The van der Waals surface area contributed by atoms with Gasteiger partial charge in [-0.15, -0.1) is 6.42 Å². The van der Waals surface area contributed by atoms with Gasteiger partial charge in [0.2, 0.25) is 0 Å². The standard InChI is InChI=1S/C28H30ClN5O3/c1-2-11-31-26(36)27(37)33-16-18-5-3-4-6-24(18)25(35)34-28(9-10-28)21-12-19(13-22(29)14-21)20(15-30)17-32-23-7-8-23/h1,3-6,12-15,17,23,25,34-35H,7-11,16,30H2,(H,31,36)(H,33,37). The summed E-state index contributed by atoms with van der Waals surface area (Å²) in [5, 5.41) is 20.0. The summed E-state index contributed by atoms with van der Waals surface area (Å²) in [6.07, 6.45) is 11.2. The first-order valence-corrected chi connectivity index (χ1v) is 12.5.